The van der Waals surface area contributed by atoms with E-state index in [-0.39, 0.29) is 29.4 Å². The number of hydrogen-bond donors (Lipinski definition) is 0. The predicted molar refractivity (Wildman–Crippen MR) is 159 cm³/mol. The average molecular weight is 525 g/mol. The second kappa shape index (κ2) is 11.2. The van der Waals surface area contributed by atoms with Crippen LogP contribution in [0.2, 0.25) is 0 Å². The zero-order chi connectivity index (χ0) is 28.4. The summed E-state index contributed by atoms with van der Waals surface area (Å²) in [5.74, 6) is -0.777. The molecule has 0 aliphatic heterocycles. The van der Waals surface area contributed by atoms with Gasteiger partial charge in [0.05, 0.1) is 24.3 Å². The third-order valence-corrected chi connectivity index (χ3v) is 7.93. The second-order valence-corrected chi connectivity index (χ2v) is 11.6. The Morgan fingerprint density at radius 3 is 2.10 bits per heavy atom. The van der Waals surface area contributed by atoms with E-state index in [2.05, 4.69) is 58.9 Å². The molecule has 1 aliphatic rings. The van der Waals surface area contributed by atoms with Crippen LogP contribution in [-0.2, 0) is 20.3 Å². The molecule has 4 heteroatoms. The van der Waals surface area contributed by atoms with Gasteiger partial charge in [-0.2, -0.15) is 0 Å². The molecule has 3 aromatic carbocycles. The summed E-state index contributed by atoms with van der Waals surface area (Å²) < 4.78 is 10.6. The summed E-state index contributed by atoms with van der Waals surface area (Å²) in [4.78, 5) is 25.5. The van der Waals surface area contributed by atoms with Crippen LogP contribution in [0.5, 0.6) is 0 Å². The Bertz CT molecular complexity index is 1420. The van der Waals surface area contributed by atoms with Crippen molar-refractivity contribution >= 4 is 23.6 Å². The molecule has 0 saturated heterocycles. The Labute approximate surface area is 233 Å². The van der Waals surface area contributed by atoms with Crippen LogP contribution in [0.4, 0.5) is 0 Å². The lowest BCUT2D eigenvalue weighted by Gasteiger charge is -2.42. The third-order valence-electron chi connectivity index (χ3n) is 7.93. The van der Waals surface area contributed by atoms with Crippen molar-refractivity contribution in [1.82, 2.24) is 0 Å². The zero-order valence-corrected chi connectivity index (χ0v) is 24.3. The van der Waals surface area contributed by atoms with Gasteiger partial charge in [0.2, 0.25) is 0 Å². The predicted octanol–water partition coefficient (Wildman–Crippen LogP) is 8.62. The van der Waals surface area contributed by atoms with Crippen LogP contribution in [0.15, 0.2) is 60.7 Å². The Morgan fingerprint density at radius 1 is 0.769 bits per heavy atom. The van der Waals surface area contributed by atoms with Crippen molar-refractivity contribution in [2.24, 2.45) is 0 Å². The van der Waals surface area contributed by atoms with Gasteiger partial charge in [-0.05, 0) is 96.0 Å². The molecule has 0 radical (unpaired) electrons. The van der Waals surface area contributed by atoms with E-state index in [0.29, 0.717) is 17.7 Å². The molecule has 0 bridgehead atoms. The van der Waals surface area contributed by atoms with Crippen LogP contribution in [0.3, 0.4) is 0 Å². The maximum atomic E-state index is 13.0. The van der Waals surface area contributed by atoms with Crippen molar-refractivity contribution in [3.63, 3.8) is 0 Å². The standard InChI is InChI=1S/C35H40O4/c1-8-38-32(36)27-14-10-12-26(21-27)31-25(13-11-15-28(31)33(37)39-9-2)20-23(3)24-16-17-29-30(22-24)35(6,7)19-18-34(29,4)5/h10-17,20-22H,8-9,18-19H2,1-7H3. The largest absolute Gasteiger partial charge is 0.462 e. The van der Waals surface area contributed by atoms with Crippen LogP contribution in [-0.4, -0.2) is 25.2 Å². The molecular formula is C35H40O4. The molecule has 0 heterocycles. The van der Waals surface area contributed by atoms with E-state index in [9.17, 15) is 9.59 Å². The molecule has 4 rings (SSSR count). The SMILES string of the molecule is CCOC(=O)c1cccc(-c2c(C=C(C)c3ccc4c(c3)C(C)(C)CCC4(C)C)cccc2C(=O)OCC)c1. The van der Waals surface area contributed by atoms with Gasteiger partial charge in [-0.1, -0.05) is 76.2 Å². The van der Waals surface area contributed by atoms with Gasteiger partial charge < -0.3 is 9.47 Å². The van der Waals surface area contributed by atoms with Crippen molar-refractivity contribution in [3.05, 3.63) is 94.0 Å². The lowest BCUT2D eigenvalue weighted by atomic mass is 9.63. The molecule has 0 fully saturated rings. The second-order valence-electron chi connectivity index (χ2n) is 11.6. The summed E-state index contributed by atoms with van der Waals surface area (Å²) in [5.41, 5.74) is 8.66. The summed E-state index contributed by atoms with van der Waals surface area (Å²) in [6.07, 6.45) is 4.45. The van der Waals surface area contributed by atoms with Gasteiger partial charge in [0.1, 0.15) is 0 Å². The number of carbonyl (C=O) groups excluding carboxylic acids is 2. The molecule has 0 unspecified atom stereocenters. The number of ether oxygens (including phenoxy) is 2. The van der Waals surface area contributed by atoms with E-state index < -0.39 is 0 Å². The fourth-order valence-electron chi connectivity index (χ4n) is 5.56. The van der Waals surface area contributed by atoms with E-state index in [1.54, 1.807) is 32.0 Å². The minimum atomic E-state index is -0.389. The maximum Gasteiger partial charge on any atom is 0.338 e. The number of esters is 2. The number of benzene rings is 3. The van der Waals surface area contributed by atoms with Gasteiger partial charge in [0.25, 0.3) is 0 Å². The lowest BCUT2D eigenvalue weighted by molar-refractivity contribution is 0.0518. The van der Waals surface area contributed by atoms with Crippen LogP contribution in [0.25, 0.3) is 22.8 Å². The molecule has 39 heavy (non-hydrogen) atoms. The quantitative estimate of drug-likeness (QED) is 0.229. The molecule has 0 N–H and O–H groups in total. The van der Waals surface area contributed by atoms with Crippen molar-refractivity contribution in [1.29, 1.82) is 0 Å². The number of rotatable bonds is 7. The van der Waals surface area contributed by atoms with Crippen LogP contribution >= 0.6 is 0 Å². The monoisotopic (exact) mass is 524 g/mol. The molecule has 0 amide bonds. The topological polar surface area (TPSA) is 52.6 Å². The molecule has 0 aromatic heterocycles. The summed E-state index contributed by atoms with van der Waals surface area (Å²) in [6.45, 7) is 15.6. The summed E-state index contributed by atoms with van der Waals surface area (Å²) in [7, 11) is 0. The Morgan fingerprint density at radius 2 is 1.41 bits per heavy atom. The van der Waals surface area contributed by atoms with Crippen LogP contribution in [0, 0.1) is 0 Å². The first-order valence-corrected chi connectivity index (χ1v) is 13.9. The highest BCUT2D eigenvalue weighted by Crippen LogP contribution is 2.46. The summed E-state index contributed by atoms with van der Waals surface area (Å²) in [6, 6.07) is 19.8. The Hall–Kier alpha value is -3.66. The lowest BCUT2D eigenvalue weighted by Crippen LogP contribution is -2.33. The van der Waals surface area contributed by atoms with Crippen LogP contribution in [0.1, 0.15) is 104 Å². The van der Waals surface area contributed by atoms with Gasteiger partial charge in [-0.3, -0.25) is 0 Å². The first-order chi connectivity index (χ1) is 18.5. The highest BCUT2D eigenvalue weighted by atomic mass is 16.5. The summed E-state index contributed by atoms with van der Waals surface area (Å²) >= 11 is 0. The van der Waals surface area contributed by atoms with Gasteiger partial charge in [-0.25, -0.2) is 9.59 Å². The maximum absolute atomic E-state index is 13.0. The van der Waals surface area contributed by atoms with E-state index in [0.717, 1.165) is 34.2 Å². The molecular weight excluding hydrogens is 484 g/mol. The number of hydrogen-bond acceptors (Lipinski definition) is 4. The molecule has 0 atom stereocenters. The fraction of sp³-hybridized carbons (Fsp3) is 0.371. The molecule has 0 spiro atoms. The summed E-state index contributed by atoms with van der Waals surface area (Å²) in [5, 5.41) is 0. The van der Waals surface area contributed by atoms with Gasteiger partial charge in [0, 0.05) is 5.56 Å². The van der Waals surface area contributed by atoms with Crippen molar-refractivity contribution in [3.8, 4) is 11.1 Å². The molecule has 0 saturated carbocycles. The zero-order valence-electron chi connectivity index (χ0n) is 24.3. The third kappa shape index (κ3) is 5.85. The van der Waals surface area contributed by atoms with E-state index in [4.69, 9.17) is 9.47 Å². The molecule has 3 aromatic rings. The van der Waals surface area contributed by atoms with Gasteiger partial charge in [0.15, 0.2) is 0 Å². The molecule has 204 valence electrons. The minimum Gasteiger partial charge on any atom is -0.462 e. The van der Waals surface area contributed by atoms with E-state index in [1.165, 1.54) is 17.5 Å². The fourth-order valence-corrected chi connectivity index (χ4v) is 5.56. The van der Waals surface area contributed by atoms with Crippen LogP contribution < -0.4 is 0 Å². The Kier molecular flexibility index (Phi) is 8.15. The first-order valence-electron chi connectivity index (χ1n) is 13.9. The number of fused-ring (bicyclic) bond motifs is 1. The van der Waals surface area contributed by atoms with Gasteiger partial charge >= 0.3 is 11.9 Å². The number of carbonyl (C=O) groups is 2. The smallest absolute Gasteiger partial charge is 0.338 e. The van der Waals surface area contributed by atoms with Crippen molar-refractivity contribution < 1.29 is 19.1 Å². The minimum absolute atomic E-state index is 0.115. The highest BCUT2D eigenvalue weighted by molar-refractivity contribution is 6.02. The van der Waals surface area contributed by atoms with E-state index >= 15 is 0 Å². The number of allylic oxidation sites excluding steroid dienone is 1. The normalized spacial score (nSPS) is 15.8. The van der Waals surface area contributed by atoms with Crippen molar-refractivity contribution in [2.45, 2.75) is 72.1 Å². The van der Waals surface area contributed by atoms with Gasteiger partial charge in [-0.15, -0.1) is 0 Å². The average Bonchev–Trinajstić information content (AvgIpc) is 2.91. The molecule has 1 aliphatic carbocycles. The molecule has 4 nitrogen and oxygen atoms in total. The van der Waals surface area contributed by atoms with Crippen molar-refractivity contribution in [2.75, 3.05) is 13.2 Å². The Balaban J connectivity index is 1.86. The highest BCUT2D eigenvalue weighted by Gasteiger charge is 2.37. The van der Waals surface area contributed by atoms with E-state index in [1.807, 2.05) is 24.3 Å². The first kappa shape index (κ1) is 28.4.